The SMILES string of the molecule is CCCCCC(CCCC(CCCCC=CC(=O)OC)S(C)(=O)=O)OC(C)=O. The summed E-state index contributed by atoms with van der Waals surface area (Å²) in [5.41, 5.74) is 0. The molecule has 0 fully saturated rings. The maximum Gasteiger partial charge on any atom is 0.330 e. The zero-order chi connectivity index (χ0) is 21.4. The molecule has 0 bridgehead atoms. The van der Waals surface area contributed by atoms with Crippen LogP contribution >= 0.6 is 0 Å². The molecule has 0 saturated carbocycles. The molecule has 0 aliphatic rings. The highest BCUT2D eigenvalue weighted by Gasteiger charge is 2.21. The number of carbonyl (C=O) groups is 2. The summed E-state index contributed by atoms with van der Waals surface area (Å²) in [4.78, 5) is 22.3. The normalized spacial score (nSPS) is 14.0. The van der Waals surface area contributed by atoms with Crippen LogP contribution in [0.3, 0.4) is 0 Å². The average molecular weight is 419 g/mol. The van der Waals surface area contributed by atoms with E-state index in [-0.39, 0.29) is 23.3 Å². The van der Waals surface area contributed by atoms with E-state index in [0.717, 1.165) is 51.4 Å². The monoisotopic (exact) mass is 418 g/mol. The minimum atomic E-state index is -3.12. The fourth-order valence-corrected chi connectivity index (χ4v) is 4.34. The van der Waals surface area contributed by atoms with Gasteiger partial charge in [0.2, 0.25) is 0 Å². The molecule has 0 saturated heterocycles. The molecule has 0 N–H and O–H groups in total. The maximum atomic E-state index is 12.1. The van der Waals surface area contributed by atoms with Crippen molar-refractivity contribution in [3.8, 4) is 0 Å². The van der Waals surface area contributed by atoms with Gasteiger partial charge in [0, 0.05) is 19.3 Å². The smallest absolute Gasteiger partial charge is 0.330 e. The van der Waals surface area contributed by atoms with Gasteiger partial charge in [-0.25, -0.2) is 13.2 Å². The van der Waals surface area contributed by atoms with Gasteiger partial charge in [-0.05, 0) is 51.4 Å². The van der Waals surface area contributed by atoms with Crippen LogP contribution in [0.15, 0.2) is 12.2 Å². The fourth-order valence-electron chi connectivity index (χ4n) is 3.15. The molecular formula is C21H38O6S. The molecule has 0 aliphatic carbocycles. The minimum absolute atomic E-state index is 0.118. The molecule has 0 aromatic carbocycles. The van der Waals surface area contributed by atoms with Crippen LogP contribution in [0.25, 0.3) is 0 Å². The maximum absolute atomic E-state index is 12.1. The van der Waals surface area contributed by atoms with Gasteiger partial charge in [0.1, 0.15) is 15.9 Å². The number of methoxy groups -OCH3 is 1. The van der Waals surface area contributed by atoms with E-state index in [1.807, 2.05) is 0 Å². The molecule has 0 aromatic heterocycles. The predicted molar refractivity (Wildman–Crippen MR) is 112 cm³/mol. The molecule has 2 unspecified atom stereocenters. The predicted octanol–water partition coefficient (Wildman–Crippen LogP) is 4.37. The lowest BCUT2D eigenvalue weighted by molar-refractivity contribution is -0.147. The molecule has 6 nitrogen and oxygen atoms in total. The number of hydrogen-bond acceptors (Lipinski definition) is 6. The molecule has 7 heteroatoms. The molecule has 0 aliphatic heterocycles. The summed E-state index contributed by atoms with van der Waals surface area (Å²) in [6.07, 6.45) is 13.3. The summed E-state index contributed by atoms with van der Waals surface area (Å²) < 4.78 is 34.1. The molecule has 2 atom stereocenters. The number of rotatable bonds is 16. The van der Waals surface area contributed by atoms with Gasteiger partial charge in [0.05, 0.1) is 12.4 Å². The van der Waals surface area contributed by atoms with Gasteiger partial charge in [0.15, 0.2) is 0 Å². The van der Waals surface area contributed by atoms with Crippen LogP contribution in [-0.2, 0) is 28.9 Å². The van der Waals surface area contributed by atoms with E-state index in [1.165, 1.54) is 26.4 Å². The largest absolute Gasteiger partial charge is 0.466 e. The summed E-state index contributed by atoms with van der Waals surface area (Å²) in [6.45, 7) is 3.55. The lowest BCUT2D eigenvalue weighted by atomic mass is 10.0. The second-order valence-corrected chi connectivity index (χ2v) is 9.65. The van der Waals surface area contributed by atoms with Crippen LogP contribution in [-0.4, -0.2) is 45.1 Å². The van der Waals surface area contributed by atoms with Crippen molar-refractivity contribution >= 4 is 21.8 Å². The highest BCUT2D eigenvalue weighted by atomic mass is 32.2. The molecular weight excluding hydrogens is 380 g/mol. The van der Waals surface area contributed by atoms with Crippen molar-refractivity contribution in [3.05, 3.63) is 12.2 Å². The zero-order valence-electron chi connectivity index (χ0n) is 17.9. The van der Waals surface area contributed by atoms with Crippen LogP contribution < -0.4 is 0 Å². The van der Waals surface area contributed by atoms with Crippen molar-refractivity contribution in [2.45, 2.75) is 95.8 Å². The van der Waals surface area contributed by atoms with Crippen LogP contribution in [0.2, 0.25) is 0 Å². The van der Waals surface area contributed by atoms with Crippen molar-refractivity contribution in [1.82, 2.24) is 0 Å². The quantitative estimate of drug-likeness (QED) is 0.210. The highest BCUT2D eigenvalue weighted by molar-refractivity contribution is 7.91. The highest BCUT2D eigenvalue weighted by Crippen LogP contribution is 2.20. The van der Waals surface area contributed by atoms with Crippen molar-refractivity contribution in [3.63, 3.8) is 0 Å². The summed E-state index contributed by atoms with van der Waals surface area (Å²) in [7, 11) is -1.78. The molecule has 0 aromatic rings. The third-order valence-electron chi connectivity index (χ3n) is 4.72. The second-order valence-electron chi connectivity index (χ2n) is 7.32. The molecule has 0 rings (SSSR count). The van der Waals surface area contributed by atoms with Crippen LogP contribution in [0, 0.1) is 0 Å². The standard InChI is InChI=1S/C21H38O6S/c1-5-6-9-13-19(27-18(2)22)14-12-16-20(28(4,24)25)15-10-7-8-11-17-21(23)26-3/h11,17,19-20H,5-10,12-16H2,1-4H3. The number of ether oxygens (including phenoxy) is 2. The third-order valence-corrected chi connectivity index (χ3v) is 6.40. The Morgan fingerprint density at radius 3 is 2.14 bits per heavy atom. The Bertz CT molecular complexity index is 567. The first kappa shape index (κ1) is 26.6. The molecule has 0 radical (unpaired) electrons. The molecule has 164 valence electrons. The number of unbranched alkanes of at least 4 members (excludes halogenated alkanes) is 4. The van der Waals surface area contributed by atoms with Crippen molar-refractivity contribution < 1.29 is 27.5 Å². The Morgan fingerprint density at radius 2 is 1.57 bits per heavy atom. The Hall–Kier alpha value is -1.37. The number of sulfone groups is 1. The van der Waals surface area contributed by atoms with E-state index >= 15 is 0 Å². The summed E-state index contributed by atoms with van der Waals surface area (Å²) in [5.74, 6) is -0.656. The van der Waals surface area contributed by atoms with E-state index in [2.05, 4.69) is 11.7 Å². The van der Waals surface area contributed by atoms with Crippen LogP contribution in [0.1, 0.15) is 84.5 Å². The van der Waals surface area contributed by atoms with E-state index in [9.17, 15) is 18.0 Å². The van der Waals surface area contributed by atoms with Crippen molar-refractivity contribution in [2.75, 3.05) is 13.4 Å². The first-order valence-electron chi connectivity index (χ1n) is 10.3. The van der Waals surface area contributed by atoms with Gasteiger partial charge in [-0.15, -0.1) is 0 Å². The molecule has 0 heterocycles. The lowest BCUT2D eigenvalue weighted by Gasteiger charge is -2.19. The van der Waals surface area contributed by atoms with E-state index in [1.54, 1.807) is 6.08 Å². The fraction of sp³-hybridized carbons (Fsp3) is 0.810. The van der Waals surface area contributed by atoms with E-state index < -0.39 is 9.84 Å². The van der Waals surface area contributed by atoms with Gasteiger partial charge in [-0.3, -0.25) is 4.79 Å². The second kappa shape index (κ2) is 15.5. The van der Waals surface area contributed by atoms with E-state index in [4.69, 9.17) is 4.74 Å². The number of esters is 2. The number of hydrogen-bond donors (Lipinski definition) is 0. The van der Waals surface area contributed by atoms with Gasteiger partial charge >= 0.3 is 11.9 Å². The van der Waals surface area contributed by atoms with Gasteiger partial charge in [0.25, 0.3) is 0 Å². The zero-order valence-corrected chi connectivity index (χ0v) is 18.8. The Morgan fingerprint density at radius 1 is 0.964 bits per heavy atom. The molecule has 0 amide bonds. The van der Waals surface area contributed by atoms with Crippen LogP contribution in [0.5, 0.6) is 0 Å². The third kappa shape index (κ3) is 14.7. The Labute approximate surface area is 171 Å². The minimum Gasteiger partial charge on any atom is -0.466 e. The summed E-state index contributed by atoms with van der Waals surface area (Å²) in [6, 6.07) is 0. The van der Waals surface area contributed by atoms with E-state index in [0.29, 0.717) is 19.3 Å². The summed E-state index contributed by atoms with van der Waals surface area (Å²) >= 11 is 0. The van der Waals surface area contributed by atoms with Gasteiger partial charge < -0.3 is 9.47 Å². The Kier molecular flexibility index (Phi) is 14.8. The number of allylic oxidation sites excluding steroid dienone is 1. The molecule has 0 spiro atoms. The van der Waals surface area contributed by atoms with Crippen LogP contribution in [0.4, 0.5) is 0 Å². The van der Waals surface area contributed by atoms with Crippen molar-refractivity contribution in [2.24, 2.45) is 0 Å². The van der Waals surface area contributed by atoms with Crippen molar-refractivity contribution in [1.29, 1.82) is 0 Å². The average Bonchev–Trinajstić information content (AvgIpc) is 2.61. The lowest BCUT2D eigenvalue weighted by Crippen LogP contribution is -2.22. The Balaban J connectivity index is 4.37. The van der Waals surface area contributed by atoms with Gasteiger partial charge in [-0.1, -0.05) is 32.3 Å². The molecule has 28 heavy (non-hydrogen) atoms. The summed E-state index contributed by atoms with van der Waals surface area (Å²) in [5, 5.41) is -0.370. The topological polar surface area (TPSA) is 86.7 Å². The van der Waals surface area contributed by atoms with Gasteiger partial charge in [-0.2, -0.15) is 0 Å². The first-order valence-corrected chi connectivity index (χ1v) is 12.3. The first-order chi connectivity index (χ1) is 13.2. The number of carbonyl (C=O) groups excluding carboxylic acids is 2.